The first kappa shape index (κ1) is 95.1. The molecule has 6 atom stereocenters. The van der Waals surface area contributed by atoms with E-state index >= 15 is 0 Å². The van der Waals surface area contributed by atoms with Gasteiger partial charge in [-0.3, -0.25) is 37.3 Å². The van der Waals surface area contributed by atoms with Crippen molar-refractivity contribution in [3.8, 4) is 0 Å². The van der Waals surface area contributed by atoms with Gasteiger partial charge in [0.1, 0.15) is 19.3 Å². The predicted octanol–water partition coefficient (Wildman–Crippen LogP) is 23.1. The zero-order valence-electron chi connectivity index (χ0n) is 63.4. The molecule has 0 aliphatic heterocycles. The van der Waals surface area contributed by atoms with Gasteiger partial charge in [0.2, 0.25) is 0 Å². The summed E-state index contributed by atoms with van der Waals surface area (Å²) in [6.07, 6.45) is 58.3. The van der Waals surface area contributed by atoms with Gasteiger partial charge >= 0.3 is 39.5 Å². The van der Waals surface area contributed by atoms with Crippen LogP contribution in [0.15, 0.2) is 0 Å². The van der Waals surface area contributed by atoms with Crippen LogP contribution in [0.3, 0.4) is 0 Å². The first-order chi connectivity index (χ1) is 46.9. The van der Waals surface area contributed by atoms with Gasteiger partial charge in [-0.1, -0.05) is 356 Å². The molecule has 0 spiro atoms. The van der Waals surface area contributed by atoms with E-state index < -0.39 is 97.5 Å². The highest BCUT2D eigenvalue weighted by atomic mass is 31.2. The van der Waals surface area contributed by atoms with Crippen LogP contribution in [0, 0.1) is 11.8 Å². The average molecular weight is 1420 g/mol. The Bertz CT molecular complexity index is 1870. The van der Waals surface area contributed by atoms with Gasteiger partial charge in [-0.25, -0.2) is 9.13 Å². The largest absolute Gasteiger partial charge is 0.472 e. The Balaban J connectivity index is 5.19. The summed E-state index contributed by atoms with van der Waals surface area (Å²) >= 11 is 0. The van der Waals surface area contributed by atoms with E-state index in [2.05, 4.69) is 41.5 Å². The molecule has 0 aromatic carbocycles. The summed E-state index contributed by atoms with van der Waals surface area (Å²) < 4.78 is 68.5. The molecule has 0 saturated carbocycles. The number of aliphatic hydroxyl groups excluding tert-OH is 1. The normalized spacial score (nSPS) is 14.2. The quantitative estimate of drug-likeness (QED) is 0.0222. The molecule has 576 valence electrons. The number of ether oxygens (including phenoxy) is 4. The SMILES string of the molecule is CCCCCCCCCCCCCCCCCCCCCCCC(=O)O[C@H](COC(=O)CCCCCCCCCCCCCC(C)C)COP(=O)(O)OC[C@@H](O)COP(=O)(O)OC[C@@H](COC(=O)CCCCCCCCCC)OC(=O)CCCCCCCCCCCCC(C)CC. The van der Waals surface area contributed by atoms with Crippen molar-refractivity contribution in [3.05, 3.63) is 0 Å². The lowest BCUT2D eigenvalue weighted by Gasteiger charge is -2.21. The molecule has 0 fully saturated rings. The molecule has 3 unspecified atom stereocenters. The summed E-state index contributed by atoms with van der Waals surface area (Å²) in [5, 5.41) is 10.6. The molecule has 0 bridgehead atoms. The highest BCUT2D eigenvalue weighted by Gasteiger charge is 2.30. The maximum atomic E-state index is 13.1. The minimum absolute atomic E-state index is 0.106. The third kappa shape index (κ3) is 70.9. The zero-order valence-corrected chi connectivity index (χ0v) is 65.2. The second-order valence-corrected chi connectivity index (χ2v) is 31.7. The molecular formula is C78H152O17P2. The van der Waals surface area contributed by atoms with Crippen molar-refractivity contribution in [1.82, 2.24) is 0 Å². The fourth-order valence-corrected chi connectivity index (χ4v) is 13.6. The van der Waals surface area contributed by atoms with E-state index in [4.69, 9.17) is 37.0 Å². The molecule has 0 rings (SSSR count). The van der Waals surface area contributed by atoms with Gasteiger partial charge in [0.15, 0.2) is 12.2 Å². The Morgan fingerprint density at radius 1 is 0.299 bits per heavy atom. The van der Waals surface area contributed by atoms with E-state index in [0.717, 1.165) is 108 Å². The molecule has 0 saturated heterocycles. The van der Waals surface area contributed by atoms with Crippen LogP contribution in [-0.4, -0.2) is 96.7 Å². The number of aliphatic hydroxyl groups is 1. The first-order valence-corrected chi connectivity index (χ1v) is 43.5. The molecule has 3 N–H and O–H groups in total. The summed E-state index contributed by atoms with van der Waals surface area (Å²) in [7, 11) is -9.91. The number of phosphoric acid groups is 2. The number of rotatable bonds is 77. The first-order valence-electron chi connectivity index (χ1n) is 40.5. The Morgan fingerprint density at radius 3 is 0.784 bits per heavy atom. The Kier molecular flexibility index (Phi) is 68.4. The molecule has 19 heteroatoms. The van der Waals surface area contributed by atoms with Gasteiger partial charge in [-0.2, -0.15) is 0 Å². The van der Waals surface area contributed by atoms with Crippen LogP contribution in [-0.2, 0) is 65.4 Å². The predicted molar refractivity (Wildman–Crippen MR) is 395 cm³/mol. The van der Waals surface area contributed by atoms with Crippen molar-refractivity contribution in [2.45, 2.75) is 426 Å². The van der Waals surface area contributed by atoms with Gasteiger partial charge < -0.3 is 33.8 Å². The summed E-state index contributed by atoms with van der Waals surface area (Å²) in [6, 6.07) is 0. The molecule has 0 heterocycles. The van der Waals surface area contributed by atoms with Crippen LogP contribution in [0.25, 0.3) is 0 Å². The number of carbonyl (C=O) groups is 4. The lowest BCUT2D eigenvalue weighted by Crippen LogP contribution is -2.30. The minimum atomic E-state index is -4.96. The molecular weight excluding hydrogens is 1270 g/mol. The Hall–Kier alpha value is -1.94. The molecule has 17 nitrogen and oxygen atoms in total. The van der Waals surface area contributed by atoms with Crippen LogP contribution in [0.5, 0.6) is 0 Å². The number of esters is 4. The Morgan fingerprint density at radius 2 is 0.526 bits per heavy atom. The van der Waals surface area contributed by atoms with Gasteiger partial charge in [-0.05, 0) is 37.5 Å². The number of phosphoric ester groups is 2. The molecule has 0 amide bonds. The van der Waals surface area contributed by atoms with Crippen LogP contribution in [0.4, 0.5) is 0 Å². The second kappa shape index (κ2) is 69.8. The fraction of sp³-hybridized carbons (Fsp3) is 0.949. The number of carbonyl (C=O) groups excluding carboxylic acids is 4. The van der Waals surface area contributed by atoms with Crippen molar-refractivity contribution in [1.29, 1.82) is 0 Å². The smallest absolute Gasteiger partial charge is 0.462 e. The van der Waals surface area contributed by atoms with E-state index in [1.807, 2.05) is 0 Å². The van der Waals surface area contributed by atoms with Gasteiger partial charge in [0, 0.05) is 25.7 Å². The van der Waals surface area contributed by atoms with Crippen LogP contribution >= 0.6 is 15.6 Å². The van der Waals surface area contributed by atoms with E-state index in [9.17, 15) is 43.2 Å². The number of unbranched alkanes of at least 4 members (excludes halogenated alkanes) is 46. The highest BCUT2D eigenvalue weighted by Crippen LogP contribution is 2.45. The average Bonchev–Trinajstić information content (AvgIpc) is 1.21. The standard InChI is InChI=1S/C78H152O17P2/c1-7-10-12-14-16-18-19-20-21-22-23-24-25-26-27-28-31-38-44-50-56-62-77(82)95-74(67-89-76(81)61-55-49-43-37-32-29-30-35-40-46-52-58-70(4)5)69-93-97(86,87)91-65-72(79)64-90-96(84,85)92-68-73(66-88-75(80)60-54-48-42-17-15-13-11-8-2)94-78(83)63-57-51-45-39-34-33-36-41-47-53-59-71(6)9-3/h70-74,79H,7-69H2,1-6H3,(H,84,85)(H,86,87)/t71?,72-,73+,74+/m0/s1. The molecule has 0 aromatic rings. The summed E-state index contributed by atoms with van der Waals surface area (Å²) in [4.78, 5) is 72.8. The van der Waals surface area contributed by atoms with Crippen molar-refractivity contribution in [2.75, 3.05) is 39.6 Å². The Labute approximate surface area is 594 Å². The lowest BCUT2D eigenvalue weighted by atomic mass is 9.99. The van der Waals surface area contributed by atoms with Crippen LogP contribution < -0.4 is 0 Å². The molecule has 97 heavy (non-hydrogen) atoms. The van der Waals surface area contributed by atoms with Gasteiger partial charge in [-0.15, -0.1) is 0 Å². The number of hydrogen-bond acceptors (Lipinski definition) is 15. The van der Waals surface area contributed by atoms with Crippen molar-refractivity contribution in [3.63, 3.8) is 0 Å². The number of hydrogen-bond donors (Lipinski definition) is 3. The molecule has 0 aromatic heterocycles. The molecule has 0 radical (unpaired) electrons. The highest BCUT2D eigenvalue weighted by molar-refractivity contribution is 7.47. The third-order valence-electron chi connectivity index (χ3n) is 18.6. The van der Waals surface area contributed by atoms with E-state index in [1.165, 1.54) is 218 Å². The van der Waals surface area contributed by atoms with Crippen molar-refractivity contribution >= 4 is 39.5 Å². The van der Waals surface area contributed by atoms with E-state index in [0.29, 0.717) is 25.7 Å². The lowest BCUT2D eigenvalue weighted by molar-refractivity contribution is -0.161. The van der Waals surface area contributed by atoms with Gasteiger partial charge in [0.25, 0.3) is 0 Å². The second-order valence-electron chi connectivity index (χ2n) is 28.8. The maximum absolute atomic E-state index is 13.1. The summed E-state index contributed by atoms with van der Waals surface area (Å²) in [5.41, 5.74) is 0. The summed E-state index contributed by atoms with van der Waals surface area (Å²) in [6.45, 7) is 9.61. The monoisotopic (exact) mass is 1420 g/mol. The van der Waals surface area contributed by atoms with Gasteiger partial charge in [0.05, 0.1) is 26.4 Å². The van der Waals surface area contributed by atoms with E-state index in [-0.39, 0.29) is 25.7 Å². The van der Waals surface area contributed by atoms with Crippen molar-refractivity contribution < 1.29 is 80.2 Å². The minimum Gasteiger partial charge on any atom is -0.462 e. The third-order valence-corrected chi connectivity index (χ3v) is 20.5. The zero-order chi connectivity index (χ0) is 71.4. The maximum Gasteiger partial charge on any atom is 0.472 e. The molecule has 0 aliphatic rings. The van der Waals surface area contributed by atoms with Crippen molar-refractivity contribution in [2.24, 2.45) is 11.8 Å². The summed E-state index contributed by atoms with van der Waals surface area (Å²) in [5.74, 6) is -0.542. The van der Waals surface area contributed by atoms with Crippen LogP contribution in [0.1, 0.15) is 408 Å². The topological polar surface area (TPSA) is 237 Å². The fourth-order valence-electron chi connectivity index (χ4n) is 12.0. The van der Waals surface area contributed by atoms with E-state index in [1.54, 1.807) is 0 Å². The van der Waals surface area contributed by atoms with Crippen LogP contribution in [0.2, 0.25) is 0 Å². The molecule has 0 aliphatic carbocycles.